The van der Waals surface area contributed by atoms with E-state index in [0.29, 0.717) is 5.92 Å². The largest absolute Gasteiger partial charge is 0.342 e. The van der Waals surface area contributed by atoms with Gasteiger partial charge in [0.2, 0.25) is 5.91 Å². The average Bonchev–Trinajstić information content (AvgIpc) is 2.92. The molecule has 0 radical (unpaired) electrons. The summed E-state index contributed by atoms with van der Waals surface area (Å²) in [7, 11) is 1.89. The van der Waals surface area contributed by atoms with Gasteiger partial charge in [-0.25, -0.2) is 0 Å². The van der Waals surface area contributed by atoms with Gasteiger partial charge in [0.15, 0.2) is 0 Å². The summed E-state index contributed by atoms with van der Waals surface area (Å²) in [6.07, 6.45) is 5.99. The molecule has 19 heavy (non-hydrogen) atoms. The van der Waals surface area contributed by atoms with E-state index in [4.69, 9.17) is 0 Å². The van der Waals surface area contributed by atoms with Crippen LogP contribution >= 0.6 is 0 Å². The van der Waals surface area contributed by atoms with Gasteiger partial charge in [0.25, 0.3) is 0 Å². The molecule has 1 aliphatic rings. The second kappa shape index (κ2) is 6.70. The fraction of sp³-hybridized carbons (Fsp3) is 0.714. The fourth-order valence-corrected chi connectivity index (χ4v) is 2.71. The third-order valence-electron chi connectivity index (χ3n) is 3.86. The van der Waals surface area contributed by atoms with Gasteiger partial charge in [-0.2, -0.15) is 5.10 Å². The monoisotopic (exact) mass is 264 g/mol. The number of hydrogen-bond acceptors (Lipinski definition) is 3. The maximum absolute atomic E-state index is 12.2. The van der Waals surface area contributed by atoms with Crippen molar-refractivity contribution in [3.8, 4) is 0 Å². The summed E-state index contributed by atoms with van der Waals surface area (Å²) in [6, 6.07) is 1.96. The fourth-order valence-electron chi connectivity index (χ4n) is 2.71. The van der Waals surface area contributed by atoms with Crippen LogP contribution in [0.2, 0.25) is 0 Å². The summed E-state index contributed by atoms with van der Waals surface area (Å²) in [5.41, 5.74) is 0. The predicted molar refractivity (Wildman–Crippen MR) is 74.6 cm³/mol. The molecule has 0 bridgehead atoms. The second-order valence-corrected chi connectivity index (χ2v) is 5.46. The molecule has 5 nitrogen and oxygen atoms in total. The first-order valence-electron chi connectivity index (χ1n) is 7.11. The molecule has 1 aromatic rings. The maximum atomic E-state index is 12.2. The third-order valence-corrected chi connectivity index (χ3v) is 3.86. The lowest BCUT2D eigenvalue weighted by Gasteiger charge is -2.33. The van der Waals surface area contributed by atoms with Crippen molar-refractivity contribution in [1.82, 2.24) is 20.0 Å². The molecule has 0 spiro atoms. The third kappa shape index (κ3) is 3.80. The number of hydrogen-bond donors (Lipinski definition) is 1. The van der Waals surface area contributed by atoms with Crippen LogP contribution in [0.25, 0.3) is 0 Å². The first-order chi connectivity index (χ1) is 9.20. The van der Waals surface area contributed by atoms with Gasteiger partial charge >= 0.3 is 0 Å². The first kappa shape index (κ1) is 14.1. The average molecular weight is 264 g/mol. The summed E-state index contributed by atoms with van der Waals surface area (Å²) in [6.45, 7) is 5.50. The number of nitrogens with one attached hydrogen (secondary N) is 1. The first-order valence-corrected chi connectivity index (χ1v) is 7.11. The van der Waals surface area contributed by atoms with Crippen LogP contribution in [0.1, 0.15) is 19.8 Å². The molecule has 1 atom stereocenters. The smallest absolute Gasteiger partial charge is 0.226 e. The van der Waals surface area contributed by atoms with E-state index in [1.807, 2.05) is 42.0 Å². The molecule has 106 valence electrons. The van der Waals surface area contributed by atoms with Gasteiger partial charge in [-0.1, -0.05) is 6.92 Å². The van der Waals surface area contributed by atoms with Crippen LogP contribution in [-0.2, 0) is 11.3 Å². The molecule has 0 aromatic carbocycles. The predicted octanol–water partition coefficient (Wildman–Crippen LogP) is 0.977. The Kier molecular flexibility index (Phi) is 4.96. The number of carbonyl (C=O) groups is 1. The lowest BCUT2D eigenvalue weighted by molar-refractivity contribution is -0.136. The van der Waals surface area contributed by atoms with Crippen LogP contribution in [0, 0.1) is 11.8 Å². The molecule has 0 aliphatic carbocycles. The number of piperidine rings is 1. The van der Waals surface area contributed by atoms with Crippen molar-refractivity contribution in [2.24, 2.45) is 11.8 Å². The normalized spacial score (nSPS) is 18.5. The van der Waals surface area contributed by atoms with Gasteiger partial charge in [0.05, 0.1) is 0 Å². The van der Waals surface area contributed by atoms with Crippen molar-refractivity contribution in [3.05, 3.63) is 18.5 Å². The number of carbonyl (C=O) groups excluding carboxylic acids is 1. The quantitative estimate of drug-likeness (QED) is 0.862. The highest BCUT2D eigenvalue weighted by Gasteiger charge is 2.25. The molecule has 1 fully saturated rings. The van der Waals surface area contributed by atoms with Crippen LogP contribution in [0.5, 0.6) is 0 Å². The highest BCUT2D eigenvalue weighted by molar-refractivity contribution is 5.78. The summed E-state index contributed by atoms with van der Waals surface area (Å²) < 4.78 is 1.99. The van der Waals surface area contributed by atoms with Crippen molar-refractivity contribution in [1.29, 1.82) is 0 Å². The molecule has 1 aliphatic heterocycles. The van der Waals surface area contributed by atoms with Gasteiger partial charge in [0, 0.05) is 44.5 Å². The number of amides is 1. The Morgan fingerprint density at radius 1 is 1.47 bits per heavy atom. The van der Waals surface area contributed by atoms with E-state index in [-0.39, 0.29) is 11.8 Å². The zero-order valence-corrected chi connectivity index (χ0v) is 11.9. The molecule has 2 heterocycles. The molecule has 1 aromatic heterocycles. The minimum Gasteiger partial charge on any atom is -0.342 e. The van der Waals surface area contributed by atoms with E-state index in [0.717, 1.165) is 39.0 Å². The SMILES string of the molecule is CNCC(C)C(=O)N1CCC(Cn2cccn2)CC1. The number of rotatable bonds is 5. The van der Waals surface area contributed by atoms with Crippen molar-refractivity contribution in [3.63, 3.8) is 0 Å². The number of aromatic nitrogens is 2. The maximum Gasteiger partial charge on any atom is 0.226 e. The van der Waals surface area contributed by atoms with Gasteiger partial charge in [0.1, 0.15) is 0 Å². The summed E-state index contributed by atoms with van der Waals surface area (Å²) in [5.74, 6) is 1.00. The van der Waals surface area contributed by atoms with Gasteiger partial charge in [-0.3, -0.25) is 9.48 Å². The van der Waals surface area contributed by atoms with E-state index in [1.54, 1.807) is 0 Å². The van der Waals surface area contributed by atoms with E-state index in [9.17, 15) is 4.79 Å². The Hall–Kier alpha value is -1.36. The van der Waals surface area contributed by atoms with Crippen LogP contribution in [0.3, 0.4) is 0 Å². The molecule has 1 saturated heterocycles. The Morgan fingerprint density at radius 3 is 2.79 bits per heavy atom. The molecule has 1 amide bonds. The molecule has 1 unspecified atom stereocenters. The molecule has 1 N–H and O–H groups in total. The highest BCUT2D eigenvalue weighted by atomic mass is 16.2. The minimum absolute atomic E-state index is 0.0765. The van der Waals surface area contributed by atoms with Crippen LogP contribution < -0.4 is 5.32 Å². The standard InChI is InChI=1S/C14H24N4O/c1-12(10-15-2)14(19)17-8-4-13(5-9-17)11-18-7-3-6-16-18/h3,6-7,12-13,15H,4-5,8-11H2,1-2H3. The second-order valence-electron chi connectivity index (χ2n) is 5.46. The highest BCUT2D eigenvalue weighted by Crippen LogP contribution is 2.20. The van der Waals surface area contributed by atoms with Crippen LogP contribution in [-0.4, -0.2) is 47.3 Å². The Labute approximate surface area is 115 Å². The number of likely N-dealkylation sites (tertiary alicyclic amines) is 1. The zero-order chi connectivity index (χ0) is 13.7. The van der Waals surface area contributed by atoms with E-state index < -0.39 is 0 Å². The minimum atomic E-state index is 0.0765. The van der Waals surface area contributed by atoms with Crippen molar-refractivity contribution in [2.45, 2.75) is 26.3 Å². The topological polar surface area (TPSA) is 50.2 Å². The Bertz CT molecular complexity index is 382. The Balaban J connectivity index is 1.77. The number of nitrogens with zero attached hydrogens (tertiary/aromatic N) is 3. The summed E-state index contributed by atoms with van der Waals surface area (Å²) >= 11 is 0. The van der Waals surface area contributed by atoms with Crippen LogP contribution in [0.15, 0.2) is 18.5 Å². The van der Waals surface area contributed by atoms with Crippen molar-refractivity contribution in [2.75, 3.05) is 26.7 Å². The van der Waals surface area contributed by atoms with Crippen molar-refractivity contribution < 1.29 is 4.79 Å². The molecular formula is C14H24N4O. The van der Waals surface area contributed by atoms with E-state index in [2.05, 4.69) is 10.4 Å². The van der Waals surface area contributed by atoms with Crippen molar-refractivity contribution >= 4 is 5.91 Å². The Morgan fingerprint density at radius 2 is 2.21 bits per heavy atom. The van der Waals surface area contributed by atoms with E-state index in [1.165, 1.54) is 0 Å². The molecule has 2 rings (SSSR count). The lowest BCUT2D eigenvalue weighted by atomic mass is 9.96. The van der Waals surface area contributed by atoms with Gasteiger partial charge in [-0.15, -0.1) is 0 Å². The summed E-state index contributed by atoms with van der Waals surface area (Å²) in [4.78, 5) is 14.2. The molecule has 0 saturated carbocycles. The zero-order valence-electron chi connectivity index (χ0n) is 11.9. The van der Waals surface area contributed by atoms with Gasteiger partial charge in [-0.05, 0) is 31.9 Å². The molecular weight excluding hydrogens is 240 g/mol. The van der Waals surface area contributed by atoms with Crippen LogP contribution in [0.4, 0.5) is 0 Å². The lowest BCUT2D eigenvalue weighted by Crippen LogP contribution is -2.43. The molecule has 5 heteroatoms. The van der Waals surface area contributed by atoms with Gasteiger partial charge < -0.3 is 10.2 Å². The summed E-state index contributed by atoms with van der Waals surface area (Å²) in [5, 5.41) is 7.31. The van der Waals surface area contributed by atoms with E-state index >= 15 is 0 Å².